The molecule has 0 heterocycles. The highest BCUT2D eigenvalue weighted by molar-refractivity contribution is 9.10. The fourth-order valence-electron chi connectivity index (χ4n) is 1.53. The van der Waals surface area contributed by atoms with E-state index in [1.54, 1.807) is 6.07 Å². The Morgan fingerprint density at radius 1 is 1.38 bits per heavy atom. The Balaban J connectivity index is 0.00000225. The quantitative estimate of drug-likeness (QED) is 0.802. The summed E-state index contributed by atoms with van der Waals surface area (Å²) < 4.78 is 0.714. The third-order valence-corrected chi connectivity index (χ3v) is 3.15. The zero-order valence-corrected chi connectivity index (χ0v) is 11.9. The molecule has 0 radical (unpaired) electrons. The Hall–Kier alpha value is -0.250. The lowest BCUT2D eigenvalue weighted by Crippen LogP contribution is -2.09. The summed E-state index contributed by atoms with van der Waals surface area (Å²) >= 11 is 3.29. The van der Waals surface area contributed by atoms with E-state index in [1.807, 2.05) is 12.1 Å². The summed E-state index contributed by atoms with van der Waals surface area (Å²) in [5, 5.41) is 9.35. The Morgan fingerprint density at radius 2 is 2.06 bits per heavy atom. The van der Waals surface area contributed by atoms with Gasteiger partial charge in [-0.25, -0.2) is 0 Å². The van der Waals surface area contributed by atoms with Gasteiger partial charge in [0, 0.05) is 6.04 Å². The fourth-order valence-corrected chi connectivity index (χ4v) is 1.93. The highest BCUT2D eigenvalue weighted by Gasteiger charge is 2.07. The number of hydrogen-bond donors (Lipinski definition) is 2. The first-order chi connectivity index (χ1) is 7.15. The molecule has 0 aliphatic heterocycles. The van der Waals surface area contributed by atoms with Crippen molar-refractivity contribution in [2.45, 2.75) is 38.6 Å². The summed E-state index contributed by atoms with van der Waals surface area (Å²) in [4.78, 5) is 0. The number of aromatic hydroxyl groups is 1. The molecule has 0 spiro atoms. The minimum Gasteiger partial charge on any atom is -0.507 e. The monoisotopic (exact) mass is 307 g/mol. The Labute approximate surface area is 112 Å². The molecule has 1 aromatic carbocycles. The predicted molar refractivity (Wildman–Crippen MR) is 74.1 cm³/mol. The van der Waals surface area contributed by atoms with Crippen molar-refractivity contribution in [1.29, 1.82) is 0 Å². The number of phenols is 1. The van der Waals surface area contributed by atoms with Crippen LogP contribution in [-0.4, -0.2) is 5.11 Å². The highest BCUT2D eigenvalue weighted by atomic mass is 79.9. The van der Waals surface area contributed by atoms with Crippen molar-refractivity contribution >= 4 is 28.3 Å². The second kappa shape index (κ2) is 7.93. The summed E-state index contributed by atoms with van der Waals surface area (Å²) in [7, 11) is 0. The molecule has 4 heteroatoms. The maximum Gasteiger partial charge on any atom is 0.129 e. The van der Waals surface area contributed by atoms with Gasteiger partial charge in [-0.15, -0.1) is 12.4 Å². The number of nitrogens with two attached hydrogens (primary N) is 1. The van der Waals surface area contributed by atoms with Gasteiger partial charge in [-0.3, -0.25) is 0 Å². The minimum absolute atomic E-state index is 0. The fraction of sp³-hybridized carbons (Fsp3) is 0.500. The number of phenolic OH excluding ortho intramolecular Hbond substituents is 1. The number of hydrogen-bond acceptors (Lipinski definition) is 2. The molecular formula is C12H19BrClNO. The first kappa shape index (κ1) is 15.8. The van der Waals surface area contributed by atoms with Crippen molar-refractivity contribution in [3.8, 4) is 5.75 Å². The van der Waals surface area contributed by atoms with Crippen molar-refractivity contribution in [3.05, 3.63) is 28.2 Å². The summed E-state index contributed by atoms with van der Waals surface area (Å²) in [5.74, 6) is 0.263. The van der Waals surface area contributed by atoms with Gasteiger partial charge in [-0.1, -0.05) is 32.3 Å². The average molecular weight is 309 g/mol. The number of rotatable bonds is 5. The molecule has 1 atom stereocenters. The maximum atomic E-state index is 9.35. The van der Waals surface area contributed by atoms with Crippen LogP contribution in [0.4, 0.5) is 0 Å². The van der Waals surface area contributed by atoms with Gasteiger partial charge in [0.1, 0.15) is 5.75 Å². The lowest BCUT2D eigenvalue weighted by atomic mass is 10.0. The van der Waals surface area contributed by atoms with Crippen LogP contribution >= 0.6 is 28.3 Å². The smallest absolute Gasteiger partial charge is 0.129 e. The summed E-state index contributed by atoms with van der Waals surface area (Å²) in [6, 6.07) is 5.54. The van der Waals surface area contributed by atoms with Crippen molar-refractivity contribution in [3.63, 3.8) is 0 Å². The van der Waals surface area contributed by atoms with Gasteiger partial charge in [0.2, 0.25) is 0 Å². The van der Waals surface area contributed by atoms with Gasteiger partial charge in [-0.2, -0.15) is 0 Å². The lowest BCUT2D eigenvalue weighted by Gasteiger charge is -2.12. The SMILES string of the molecule is CCCCC[C@@H](N)c1ccc(O)c(Br)c1.Cl. The zero-order chi connectivity index (χ0) is 11.3. The van der Waals surface area contributed by atoms with E-state index >= 15 is 0 Å². The molecule has 3 N–H and O–H groups in total. The molecule has 0 fully saturated rings. The number of unbranched alkanes of at least 4 members (excludes halogenated alkanes) is 2. The van der Waals surface area contributed by atoms with Crippen LogP contribution in [0.25, 0.3) is 0 Å². The average Bonchev–Trinajstić information content (AvgIpc) is 2.22. The summed E-state index contributed by atoms with van der Waals surface area (Å²) in [5.41, 5.74) is 7.13. The third-order valence-electron chi connectivity index (χ3n) is 2.52. The van der Waals surface area contributed by atoms with E-state index in [-0.39, 0.29) is 24.2 Å². The molecular weight excluding hydrogens is 289 g/mol. The second-order valence-electron chi connectivity index (χ2n) is 3.81. The first-order valence-corrected chi connectivity index (χ1v) is 6.18. The largest absolute Gasteiger partial charge is 0.507 e. The first-order valence-electron chi connectivity index (χ1n) is 5.39. The molecule has 1 rings (SSSR count). The normalized spacial score (nSPS) is 11.9. The van der Waals surface area contributed by atoms with Gasteiger partial charge in [-0.05, 0) is 40.0 Å². The molecule has 0 saturated carbocycles. The van der Waals surface area contributed by atoms with Crippen molar-refractivity contribution in [2.24, 2.45) is 5.73 Å². The number of halogens is 2. The zero-order valence-electron chi connectivity index (χ0n) is 9.45. The Morgan fingerprint density at radius 3 is 2.62 bits per heavy atom. The molecule has 0 saturated heterocycles. The van der Waals surface area contributed by atoms with Gasteiger partial charge in [0.05, 0.1) is 4.47 Å². The topological polar surface area (TPSA) is 46.2 Å². The van der Waals surface area contributed by atoms with Crippen molar-refractivity contribution in [1.82, 2.24) is 0 Å². The van der Waals surface area contributed by atoms with Gasteiger partial charge in [0.15, 0.2) is 0 Å². The van der Waals surface area contributed by atoms with E-state index in [0.29, 0.717) is 4.47 Å². The van der Waals surface area contributed by atoms with E-state index in [2.05, 4.69) is 22.9 Å². The van der Waals surface area contributed by atoms with Crippen LogP contribution in [0.5, 0.6) is 5.75 Å². The van der Waals surface area contributed by atoms with Crippen molar-refractivity contribution in [2.75, 3.05) is 0 Å². The standard InChI is InChI=1S/C12H18BrNO.ClH/c1-2-3-4-5-11(14)9-6-7-12(15)10(13)8-9;/h6-8,11,15H,2-5,14H2,1H3;1H/t11-;/m1./s1. The lowest BCUT2D eigenvalue weighted by molar-refractivity contribution is 0.471. The molecule has 0 amide bonds. The van der Waals surface area contributed by atoms with E-state index < -0.39 is 0 Å². The third kappa shape index (κ3) is 4.73. The molecule has 2 nitrogen and oxygen atoms in total. The van der Waals surface area contributed by atoms with Crippen LogP contribution < -0.4 is 5.73 Å². The molecule has 16 heavy (non-hydrogen) atoms. The maximum absolute atomic E-state index is 9.35. The van der Waals surface area contributed by atoms with Gasteiger partial charge >= 0.3 is 0 Å². The second-order valence-corrected chi connectivity index (χ2v) is 4.67. The van der Waals surface area contributed by atoms with Crippen LogP contribution in [0.1, 0.15) is 44.2 Å². The van der Waals surface area contributed by atoms with Crippen LogP contribution in [0.2, 0.25) is 0 Å². The summed E-state index contributed by atoms with van der Waals surface area (Å²) in [6.07, 6.45) is 4.61. The van der Waals surface area contributed by atoms with Crippen LogP contribution in [-0.2, 0) is 0 Å². The van der Waals surface area contributed by atoms with Crippen molar-refractivity contribution < 1.29 is 5.11 Å². The molecule has 0 aliphatic rings. The molecule has 1 aromatic rings. The van der Waals surface area contributed by atoms with E-state index in [4.69, 9.17) is 5.73 Å². The molecule has 0 aromatic heterocycles. The molecule has 92 valence electrons. The van der Waals surface area contributed by atoms with E-state index in [9.17, 15) is 5.11 Å². The number of benzene rings is 1. The van der Waals surface area contributed by atoms with Gasteiger partial charge in [0.25, 0.3) is 0 Å². The summed E-state index contributed by atoms with van der Waals surface area (Å²) in [6.45, 7) is 2.18. The highest BCUT2D eigenvalue weighted by Crippen LogP contribution is 2.27. The Kier molecular flexibility index (Phi) is 7.81. The Bertz CT molecular complexity index is 320. The van der Waals surface area contributed by atoms with Crippen LogP contribution in [0, 0.1) is 0 Å². The van der Waals surface area contributed by atoms with Crippen LogP contribution in [0.15, 0.2) is 22.7 Å². The molecule has 0 aliphatic carbocycles. The predicted octanol–water partition coefficient (Wildman–Crippen LogP) is 4.16. The minimum atomic E-state index is 0. The molecule has 0 bridgehead atoms. The van der Waals surface area contributed by atoms with Gasteiger partial charge < -0.3 is 10.8 Å². The van der Waals surface area contributed by atoms with E-state index in [1.165, 1.54) is 12.8 Å². The van der Waals surface area contributed by atoms with Crippen LogP contribution in [0.3, 0.4) is 0 Å². The molecule has 0 unspecified atom stereocenters. The van der Waals surface area contributed by atoms with E-state index in [0.717, 1.165) is 18.4 Å².